The van der Waals surface area contributed by atoms with Crippen LogP contribution >= 0.6 is 6.89 Å². The van der Waals surface area contributed by atoms with Gasteiger partial charge in [0.15, 0.2) is 0 Å². The second-order valence-electron chi connectivity index (χ2n) is 7.05. The van der Waals surface area contributed by atoms with Crippen LogP contribution in [-0.2, 0) is 14.3 Å². The average molecular weight is 462 g/mol. The Morgan fingerprint density at radius 2 is 1.24 bits per heavy atom. The zero-order valence-electron chi connectivity index (χ0n) is 18.9. The summed E-state index contributed by atoms with van der Waals surface area (Å²) >= 11 is 0. The Balaban J connectivity index is 2.51. The number of carbonyl (C=O) groups excluding carboxylic acids is 2. The van der Waals surface area contributed by atoms with Gasteiger partial charge in [-0.25, -0.2) is 15.0 Å². The minimum atomic E-state index is -2.75. The van der Waals surface area contributed by atoms with E-state index in [1.807, 2.05) is 91.0 Å². The molecule has 7 heteroatoms. The van der Waals surface area contributed by atoms with Gasteiger partial charge in [0, 0.05) is 0 Å². The van der Waals surface area contributed by atoms with Crippen LogP contribution in [-0.4, -0.2) is 36.8 Å². The van der Waals surface area contributed by atoms with Gasteiger partial charge in [-0.05, 0) is 36.6 Å². The number of amides is 1. The minimum absolute atomic E-state index is 0.211. The molecule has 3 aromatic carbocycles. The molecule has 0 atom stereocenters. The van der Waals surface area contributed by atoms with Crippen LogP contribution in [0, 0.1) is 0 Å². The van der Waals surface area contributed by atoms with Gasteiger partial charge in [-0.15, -0.1) is 0 Å². The van der Waals surface area contributed by atoms with Crippen LogP contribution in [0.3, 0.4) is 0 Å². The van der Waals surface area contributed by atoms with Crippen molar-refractivity contribution in [3.8, 4) is 0 Å². The maximum Gasteiger partial charge on any atom is 0.427 e. The third-order valence-corrected chi connectivity index (χ3v) is 9.47. The van der Waals surface area contributed by atoms with Crippen LogP contribution in [0.5, 0.6) is 0 Å². The maximum atomic E-state index is 13.4. The summed E-state index contributed by atoms with van der Waals surface area (Å²) in [5.41, 5.74) is 2.73. The lowest BCUT2D eigenvalue weighted by molar-refractivity contribution is -0.132. The molecule has 170 valence electrons. The van der Waals surface area contributed by atoms with Crippen molar-refractivity contribution in [3.63, 3.8) is 0 Å². The van der Waals surface area contributed by atoms with Crippen molar-refractivity contribution in [2.24, 2.45) is 5.10 Å². The first-order valence-corrected chi connectivity index (χ1v) is 12.3. The number of nitrogens with one attached hydrogen (secondary N) is 1. The number of hydrogen-bond donors (Lipinski definition) is 1. The first kappa shape index (κ1) is 24.0. The highest BCUT2D eigenvalue weighted by Gasteiger charge is 2.35. The molecule has 0 aliphatic rings. The SMILES string of the molecule is CCOC(=O)N/N=C(\C)C(C(=O)OC)=P(c1ccccc1)(c1ccccc1)c1ccccc1. The van der Waals surface area contributed by atoms with E-state index in [2.05, 4.69) is 10.5 Å². The summed E-state index contributed by atoms with van der Waals surface area (Å²) in [6, 6.07) is 29.6. The van der Waals surface area contributed by atoms with Crippen LogP contribution < -0.4 is 21.3 Å². The van der Waals surface area contributed by atoms with Gasteiger partial charge in [-0.1, -0.05) is 91.0 Å². The molecule has 0 bridgehead atoms. The van der Waals surface area contributed by atoms with Crippen LogP contribution in [0.25, 0.3) is 0 Å². The second-order valence-corrected chi connectivity index (χ2v) is 10.4. The van der Waals surface area contributed by atoms with E-state index in [0.717, 1.165) is 15.9 Å². The van der Waals surface area contributed by atoms with Crippen molar-refractivity contribution in [3.05, 3.63) is 91.0 Å². The quantitative estimate of drug-likeness (QED) is 0.253. The third kappa shape index (κ3) is 5.07. The van der Waals surface area contributed by atoms with E-state index in [1.165, 1.54) is 7.11 Å². The highest BCUT2D eigenvalue weighted by molar-refractivity contribution is 7.97. The molecule has 33 heavy (non-hydrogen) atoms. The van der Waals surface area contributed by atoms with Crippen LogP contribution in [0.2, 0.25) is 0 Å². The lowest BCUT2D eigenvalue weighted by Gasteiger charge is -2.31. The Kier molecular flexibility index (Phi) is 8.22. The molecule has 0 aliphatic heterocycles. The number of esters is 1. The summed E-state index contributed by atoms with van der Waals surface area (Å²) in [6.07, 6.45) is -0.691. The molecule has 0 aliphatic carbocycles. The first-order valence-electron chi connectivity index (χ1n) is 10.5. The number of methoxy groups -OCH3 is 1. The predicted molar refractivity (Wildman–Crippen MR) is 135 cm³/mol. The van der Waals surface area contributed by atoms with Crippen molar-refractivity contribution in [1.82, 2.24) is 5.43 Å². The Morgan fingerprint density at radius 3 is 1.61 bits per heavy atom. The molecule has 1 N–H and O–H groups in total. The molecular formula is C26H27N2O4P. The average Bonchev–Trinajstić information content (AvgIpc) is 2.87. The van der Waals surface area contributed by atoms with Crippen molar-refractivity contribution in [2.45, 2.75) is 13.8 Å². The van der Waals surface area contributed by atoms with Gasteiger partial charge in [-0.2, -0.15) is 5.10 Å². The topological polar surface area (TPSA) is 77.0 Å². The van der Waals surface area contributed by atoms with Crippen LogP contribution in [0.4, 0.5) is 4.79 Å². The molecule has 0 unspecified atom stereocenters. The minimum Gasteiger partial charge on any atom is -0.465 e. The number of rotatable bonds is 7. The number of carbonyl (C=O) groups is 2. The fourth-order valence-electron chi connectivity index (χ4n) is 3.76. The Hall–Kier alpha value is -3.63. The molecule has 3 rings (SSSR count). The van der Waals surface area contributed by atoms with Gasteiger partial charge in [0.25, 0.3) is 0 Å². The standard InChI is InChI=1S/C26H27N2O4P/c1-4-32-26(30)28-27-20(2)24(25(29)31-3)33(21-14-8-5-9-15-21,22-16-10-6-11-17-22)23-18-12-7-13-19-23/h5-19H,4H2,1-3H3,(H,28,30)/b27-20+. The fraction of sp³-hybridized carbons (Fsp3) is 0.154. The lowest BCUT2D eigenvalue weighted by atomic mass is 10.3. The summed E-state index contributed by atoms with van der Waals surface area (Å²) in [6.45, 7) is 0.867. The summed E-state index contributed by atoms with van der Waals surface area (Å²) in [5.74, 6) is -0.508. The van der Waals surface area contributed by atoms with E-state index in [9.17, 15) is 9.59 Å². The second kappa shape index (κ2) is 11.3. The van der Waals surface area contributed by atoms with Gasteiger partial charge in [0.1, 0.15) is 0 Å². The normalized spacial score (nSPS) is 11.4. The van der Waals surface area contributed by atoms with Gasteiger partial charge in [0.05, 0.1) is 24.7 Å². The molecule has 0 saturated carbocycles. The Bertz CT molecular complexity index is 1070. The lowest BCUT2D eigenvalue weighted by Crippen LogP contribution is -2.38. The molecule has 0 fully saturated rings. The zero-order valence-corrected chi connectivity index (χ0v) is 19.8. The molecule has 0 saturated heterocycles. The highest BCUT2D eigenvalue weighted by atomic mass is 31.2. The first-order chi connectivity index (χ1) is 16.1. The third-order valence-electron chi connectivity index (χ3n) is 5.08. The number of benzene rings is 3. The van der Waals surface area contributed by atoms with E-state index in [0.29, 0.717) is 11.0 Å². The predicted octanol–water partition coefficient (Wildman–Crippen LogP) is 3.45. The van der Waals surface area contributed by atoms with Crippen molar-refractivity contribution >= 4 is 45.9 Å². The largest absolute Gasteiger partial charge is 0.465 e. The van der Waals surface area contributed by atoms with E-state index in [4.69, 9.17) is 9.47 Å². The van der Waals surface area contributed by atoms with Crippen LogP contribution in [0.1, 0.15) is 13.8 Å². The summed E-state index contributed by atoms with van der Waals surface area (Å²) < 4.78 is 10.2. The van der Waals surface area contributed by atoms with Gasteiger partial charge in [0.2, 0.25) is 0 Å². The molecular weight excluding hydrogens is 435 g/mol. The van der Waals surface area contributed by atoms with Gasteiger partial charge >= 0.3 is 12.1 Å². The smallest absolute Gasteiger partial charge is 0.427 e. The van der Waals surface area contributed by atoms with Crippen molar-refractivity contribution < 1.29 is 19.1 Å². The van der Waals surface area contributed by atoms with Crippen molar-refractivity contribution in [1.29, 1.82) is 0 Å². The molecule has 0 spiro atoms. The maximum absolute atomic E-state index is 13.4. The number of hydrazone groups is 1. The van der Waals surface area contributed by atoms with E-state index < -0.39 is 18.9 Å². The van der Waals surface area contributed by atoms with Gasteiger partial charge in [-0.3, -0.25) is 0 Å². The molecule has 0 aromatic heterocycles. The summed E-state index contributed by atoms with van der Waals surface area (Å²) in [5, 5.41) is 7.53. The fourth-order valence-corrected chi connectivity index (χ4v) is 8.19. The number of nitrogens with zero attached hydrogens (tertiary/aromatic N) is 1. The molecule has 6 nitrogen and oxygen atoms in total. The highest BCUT2D eigenvalue weighted by Crippen LogP contribution is 2.46. The van der Waals surface area contributed by atoms with Crippen LogP contribution in [0.15, 0.2) is 96.1 Å². The monoisotopic (exact) mass is 462 g/mol. The Morgan fingerprint density at radius 1 is 0.818 bits per heavy atom. The van der Waals surface area contributed by atoms with Crippen molar-refractivity contribution in [2.75, 3.05) is 13.7 Å². The van der Waals surface area contributed by atoms with Gasteiger partial charge < -0.3 is 9.47 Å². The molecule has 3 aromatic rings. The molecule has 0 heterocycles. The number of hydrogen-bond acceptors (Lipinski definition) is 5. The van der Waals surface area contributed by atoms with E-state index in [1.54, 1.807) is 13.8 Å². The van der Waals surface area contributed by atoms with E-state index in [-0.39, 0.29) is 6.61 Å². The van der Waals surface area contributed by atoms with E-state index >= 15 is 0 Å². The molecule has 1 amide bonds. The number of ether oxygens (including phenoxy) is 2. The zero-order chi connectivity index (χ0) is 23.7. The molecule has 0 radical (unpaired) electrons. The summed E-state index contributed by atoms with van der Waals surface area (Å²) in [7, 11) is 1.35. The Labute approximate surface area is 194 Å². The summed E-state index contributed by atoms with van der Waals surface area (Å²) in [4.78, 5) is 25.3.